The largest absolute Gasteiger partial charge is 0.462 e. The molecule has 0 fully saturated rings. The predicted molar refractivity (Wildman–Crippen MR) is 82.8 cm³/mol. The van der Waals surface area contributed by atoms with Gasteiger partial charge in [-0.3, -0.25) is 4.99 Å². The van der Waals surface area contributed by atoms with Crippen molar-refractivity contribution in [1.82, 2.24) is 0 Å². The van der Waals surface area contributed by atoms with Crippen LogP contribution in [0.5, 0.6) is 0 Å². The van der Waals surface area contributed by atoms with Crippen LogP contribution in [0.15, 0.2) is 46.8 Å². The normalized spacial score (nSPS) is 11.2. The topological polar surface area (TPSA) is 50.7 Å². The van der Waals surface area contributed by atoms with Crippen LogP contribution in [0.4, 0.5) is 5.69 Å². The van der Waals surface area contributed by atoms with E-state index in [2.05, 4.69) is 10.3 Å². The quantitative estimate of drug-likeness (QED) is 0.533. The molecule has 0 saturated heterocycles. The number of amidine groups is 1. The Balaban J connectivity index is 2.09. The summed E-state index contributed by atoms with van der Waals surface area (Å²) in [5.74, 6) is 0.505. The van der Waals surface area contributed by atoms with Gasteiger partial charge >= 0.3 is 5.97 Å². The molecule has 2 aromatic rings. The molecule has 0 aliphatic carbocycles. The van der Waals surface area contributed by atoms with E-state index in [9.17, 15) is 4.79 Å². The fourth-order valence-corrected chi connectivity index (χ4v) is 2.40. The van der Waals surface area contributed by atoms with Gasteiger partial charge in [0.15, 0.2) is 0 Å². The molecule has 0 atom stereocenters. The van der Waals surface area contributed by atoms with Gasteiger partial charge in [-0.2, -0.15) is 0 Å². The third-order valence-corrected chi connectivity index (χ3v) is 3.51. The van der Waals surface area contributed by atoms with Gasteiger partial charge in [0.25, 0.3) is 0 Å². The number of esters is 1. The average Bonchev–Trinajstić information content (AvgIpc) is 2.99. The second kappa shape index (κ2) is 6.86. The molecule has 1 aromatic carbocycles. The lowest BCUT2D eigenvalue weighted by Crippen LogP contribution is -2.12. The van der Waals surface area contributed by atoms with Crippen LogP contribution in [0, 0.1) is 0 Å². The zero-order valence-electron chi connectivity index (χ0n) is 11.4. The number of carbonyl (C=O) groups excluding carboxylic acids is 1. The predicted octanol–water partition coefficient (Wildman–Crippen LogP) is 3.41. The molecule has 0 amide bonds. The van der Waals surface area contributed by atoms with Crippen molar-refractivity contribution in [2.45, 2.75) is 6.92 Å². The molecule has 0 aliphatic rings. The van der Waals surface area contributed by atoms with E-state index in [4.69, 9.17) is 4.74 Å². The molecule has 1 aromatic heterocycles. The highest BCUT2D eigenvalue weighted by molar-refractivity contribution is 7.12. The van der Waals surface area contributed by atoms with E-state index >= 15 is 0 Å². The Kier molecular flexibility index (Phi) is 4.90. The first-order valence-corrected chi connectivity index (χ1v) is 7.17. The average molecular weight is 288 g/mol. The number of benzene rings is 1. The lowest BCUT2D eigenvalue weighted by Gasteiger charge is -2.08. The lowest BCUT2D eigenvalue weighted by atomic mass is 10.2. The monoisotopic (exact) mass is 288 g/mol. The first-order valence-electron chi connectivity index (χ1n) is 6.29. The molecule has 0 bridgehead atoms. The molecule has 1 N–H and O–H groups in total. The van der Waals surface area contributed by atoms with E-state index in [1.807, 2.05) is 29.6 Å². The summed E-state index contributed by atoms with van der Waals surface area (Å²) >= 11 is 1.62. The summed E-state index contributed by atoms with van der Waals surface area (Å²) in [6.07, 6.45) is 0. The van der Waals surface area contributed by atoms with Crippen LogP contribution in [-0.4, -0.2) is 25.5 Å². The molecule has 0 aliphatic heterocycles. The Morgan fingerprint density at radius 2 is 2.05 bits per heavy atom. The number of nitrogens with zero attached hydrogens (tertiary/aromatic N) is 1. The van der Waals surface area contributed by atoms with Gasteiger partial charge in [0.05, 0.1) is 17.0 Å². The summed E-state index contributed by atoms with van der Waals surface area (Å²) in [6, 6.07) is 11.1. The maximum absolute atomic E-state index is 11.6. The van der Waals surface area contributed by atoms with Gasteiger partial charge in [-0.1, -0.05) is 6.07 Å². The highest BCUT2D eigenvalue weighted by atomic mass is 32.1. The molecule has 4 nitrogen and oxygen atoms in total. The van der Waals surface area contributed by atoms with Crippen molar-refractivity contribution in [2.75, 3.05) is 19.0 Å². The summed E-state index contributed by atoms with van der Waals surface area (Å²) in [7, 11) is 1.75. The van der Waals surface area contributed by atoms with Crippen LogP contribution < -0.4 is 5.32 Å². The van der Waals surface area contributed by atoms with Gasteiger partial charge in [-0.15, -0.1) is 11.3 Å². The molecular formula is C15H16N2O2S. The number of thiophene rings is 1. The number of nitrogens with one attached hydrogen (secondary N) is 1. The summed E-state index contributed by atoms with van der Waals surface area (Å²) in [6.45, 7) is 2.17. The van der Waals surface area contributed by atoms with Crippen LogP contribution in [-0.2, 0) is 4.74 Å². The summed E-state index contributed by atoms with van der Waals surface area (Å²) in [5, 5.41) is 5.24. The SMILES string of the molecule is CCOC(=O)c1ccc(NC(=NC)c2cccs2)cc1. The Morgan fingerprint density at radius 1 is 1.30 bits per heavy atom. The first kappa shape index (κ1) is 14.3. The van der Waals surface area contributed by atoms with Crippen molar-refractivity contribution >= 4 is 28.8 Å². The van der Waals surface area contributed by atoms with E-state index in [0.717, 1.165) is 16.4 Å². The summed E-state index contributed by atoms with van der Waals surface area (Å²) in [4.78, 5) is 16.9. The molecule has 2 rings (SSSR count). The molecule has 0 saturated carbocycles. The maximum atomic E-state index is 11.6. The van der Waals surface area contributed by atoms with Crippen molar-refractivity contribution in [3.8, 4) is 0 Å². The molecule has 0 radical (unpaired) electrons. The minimum Gasteiger partial charge on any atom is -0.462 e. The second-order valence-electron chi connectivity index (χ2n) is 3.97. The number of hydrogen-bond acceptors (Lipinski definition) is 4. The molecule has 104 valence electrons. The van der Waals surface area contributed by atoms with E-state index in [0.29, 0.717) is 12.2 Å². The summed E-state index contributed by atoms with van der Waals surface area (Å²) in [5.41, 5.74) is 1.43. The fraction of sp³-hybridized carbons (Fsp3) is 0.200. The molecule has 20 heavy (non-hydrogen) atoms. The van der Waals surface area contributed by atoms with Gasteiger partial charge < -0.3 is 10.1 Å². The van der Waals surface area contributed by atoms with E-state index in [1.165, 1.54) is 0 Å². The van der Waals surface area contributed by atoms with Gasteiger partial charge in [-0.25, -0.2) is 4.79 Å². The lowest BCUT2D eigenvalue weighted by molar-refractivity contribution is 0.0526. The minimum atomic E-state index is -0.304. The van der Waals surface area contributed by atoms with E-state index in [-0.39, 0.29) is 5.97 Å². The van der Waals surface area contributed by atoms with Gasteiger partial charge in [0.2, 0.25) is 0 Å². The Labute approximate surface area is 122 Å². The Bertz CT molecular complexity index is 589. The number of hydrogen-bond donors (Lipinski definition) is 1. The third-order valence-electron chi connectivity index (χ3n) is 2.64. The van der Waals surface area contributed by atoms with Crippen LogP contribution in [0.25, 0.3) is 0 Å². The van der Waals surface area contributed by atoms with Gasteiger partial charge in [0, 0.05) is 12.7 Å². The molecule has 0 unspecified atom stereocenters. The third kappa shape index (κ3) is 3.45. The van der Waals surface area contributed by atoms with Crippen LogP contribution in [0.1, 0.15) is 22.2 Å². The molecule has 5 heteroatoms. The molecular weight excluding hydrogens is 272 g/mol. The number of anilines is 1. The maximum Gasteiger partial charge on any atom is 0.338 e. The van der Waals surface area contributed by atoms with Crippen molar-refractivity contribution < 1.29 is 9.53 Å². The number of rotatable bonds is 4. The standard InChI is InChI=1S/C15H16N2O2S/c1-3-19-15(18)11-6-8-12(9-7-11)17-14(16-2)13-5-4-10-20-13/h4-10H,3H2,1-2H3,(H,16,17). The first-order chi connectivity index (χ1) is 9.74. The number of ether oxygens (including phenoxy) is 1. The van der Waals surface area contributed by atoms with Crippen molar-refractivity contribution in [2.24, 2.45) is 4.99 Å². The van der Waals surface area contributed by atoms with E-state index in [1.54, 1.807) is 37.4 Å². The van der Waals surface area contributed by atoms with Crippen LogP contribution in [0.2, 0.25) is 0 Å². The number of aliphatic imine (C=N–C) groups is 1. The van der Waals surface area contributed by atoms with Crippen LogP contribution >= 0.6 is 11.3 Å². The summed E-state index contributed by atoms with van der Waals surface area (Å²) < 4.78 is 4.95. The molecule has 1 heterocycles. The highest BCUT2D eigenvalue weighted by Gasteiger charge is 2.07. The van der Waals surface area contributed by atoms with E-state index < -0.39 is 0 Å². The smallest absolute Gasteiger partial charge is 0.338 e. The van der Waals surface area contributed by atoms with Crippen molar-refractivity contribution in [3.63, 3.8) is 0 Å². The highest BCUT2D eigenvalue weighted by Crippen LogP contribution is 2.15. The zero-order chi connectivity index (χ0) is 14.4. The van der Waals surface area contributed by atoms with Gasteiger partial charge in [0.1, 0.15) is 5.84 Å². The minimum absolute atomic E-state index is 0.304. The molecule has 0 spiro atoms. The number of carbonyl (C=O) groups is 1. The van der Waals surface area contributed by atoms with Crippen molar-refractivity contribution in [3.05, 3.63) is 52.2 Å². The fourth-order valence-electron chi connectivity index (χ4n) is 1.68. The second-order valence-corrected chi connectivity index (χ2v) is 4.92. The Hall–Kier alpha value is -2.14. The zero-order valence-corrected chi connectivity index (χ0v) is 12.2. The Morgan fingerprint density at radius 3 is 2.60 bits per heavy atom. The van der Waals surface area contributed by atoms with Gasteiger partial charge in [-0.05, 0) is 42.6 Å². The van der Waals surface area contributed by atoms with Crippen LogP contribution in [0.3, 0.4) is 0 Å². The van der Waals surface area contributed by atoms with Crippen molar-refractivity contribution in [1.29, 1.82) is 0 Å².